The molecule has 0 saturated carbocycles. The molecule has 0 aliphatic carbocycles. The Bertz CT molecular complexity index is 283. The standard InChI is InChI=1S/C9H14IN3O/c1-11-9(14)3-2-8-12-5-4-7(6-10)13-8/h4-5,9,11,14H,2-3,6H2,1H3. The zero-order chi connectivity index (χ0) is 10.4. The van der Waals surface area contributed by atoms with E-state index in [9.17, 15) is 5.11 Å². The number of aryl methyl sites for hydroxylation is 1. The van der Waals surface area contributed by atoms with Crippen LogP contribution >= 0.6 is 22.6 Å². The average Bonchev–Trinajstić information content (AvgIpc) is 2.26. The van der Waals surface area contributed by atoms with Gasteiger partial charge in [0.15, 0.2) is 0 Å². The highest BCUT2D eigenvalue weighted by Crippen LogP contribution is 2.03. The molecule has 1 atom stereocenters. The van der Waals surface area contributed by atoms with Crippen LogP contribution in [-0.2, 0) is 10.8 Å². The molecule has 0 aromatic carbocycles. The number of nitrogens with zero attached hydrogens (tertiary/aromatic N) is 2. The average molecular weight is 307 g/mol. The van der Waals surface area contributed by atoms with Crippen molar-refractivity contribution >= 4 is 22.6 Å². The third kappa shape index (κ3) is 3.85. The second kappa shape index (κ2) is 6.26. The number of hydrogen-bond acceptors (Lipinski definition) is 4. The number of hydrogen-bond donors (Lipinski definition) is 2. The van der Waals surface area contributed by atoms with Gasteiger partial charge in [-0.3, -0.25) is 5.32 Å². The van der Waals surface area contributed by atoms with E-state index in [4.69, 9.17) is 0 Å². The Balaban J connectivity index is 2.50. The predicted molar refractivity (Wildman–Crippen MR) is 63.1 cm³/mol. The van der Waals surface area contributed by atoms with Gasteiger partial charge in [0.25, 0.3) is 0 Å². The van der Waals surface area contributed by atoms with E-state index in [1.165, 1.54) is 0 Å². The van der Waals surface area contributed by atoms with Crippen molar-refractivity contribution in [3.8, 4) is 0 Å². The van der Waals surface area contributed by atoms with Crippen molar-refractivity contribution in [3.05, 3.63) is 23.8 Å². The summed E-state index contributed by atoms with van der Waals surface area (Å²) in [6.07, 6.45) is 2.64. The van der Waals surface area contributed by atoms with Gasteiger partial charge in [-0.05, 0) is 19.5 Å². The molecule has 0 amide bonds. The molecule has 0 bridgehead atoms. The van der Waals surface area contributed by atoms with Crippen LogP contribution in [0.1, 0.15) is 17.9 Å². The van der Waals surface area contributed by atoms with E-state index >= 15 is 0 Å². The molecule has 5 heteroatoms. The molecule has 1 aromatic heterocycles. The van der Waals surface area contributed by atoms with E-state index in [-0.39, 0.29) is 0 Å². The fraction of sp³-hybridized carbons (Fsp3) is 0.556. The number of aliphatic hydroxyl groups excluding tert-OH is 1. The summed E-state index contributed by atoms with van der Waals surface area (Å²) in [5.74, 6) is 0.800. The monoisotopic (exact) mass is 307 g/mol. The Morgan fingerprint density at radius 2 is 2.43 bits per heavy atom. The van der Waals surface area contributed by atoms with Crippen molar-refractivity contribution in [1.29, 1.82) is 0 Å². The van der Waals surface area contributed by atoms with Crippen LogP contribution < -0.4 is 5.32 Å². The first kappa shape index (κ1) is 11.8. The topological polar surface area (TPSA) is 58.0 Å². The minimum absolute atomic E-state index is 0.471. The highest BCUT2D eigenvalue weighted by atomic mass is 127. The van der Waals surface area contributed by atoms with Crippen LogP contribution in [0.5, 0.6) is 0 Å². The number of aromatic nitrogens is 2. The van der Waals surface area contributed by atoms with Crippen molar-refractivity contribution in [2.45, 2.75) is 23.5 Å². The van der Waals surface area contributed by atoms with Crippen LogP contribution in [0, 0.1) is 0 Å². The number of nitrogens with one attached hydrogen (secondary N) is 1. The minimum atomic E-state index is -0.471. The van der Waals surface area contributed by atoms with E-state index in [1.807, 2.05) is 6.07 Å². The summed E-state index contributed by atoms with van der Waals surface area (Å²) < 4.78 is 0.891. The number of aliphatic hydroxyl groups is 1. The lowest BCUT2D eigenvalue weighted by atomic mass is 10.2. The van der Waals surface area contributed by atoms with E-state index in [2.05, 4.69) is 37.9 Å². The predicted octanol–water partition coefficient (Wildman–Crippen LogP) is 0.882. The lowest BCUT2D eigenvalue weighted by Gasteiger charge is -2.07. The van der Waals surface area contributed by atoms with Crippen LogP contribution in [0.3, 0.4) is 0 Å². The Kier molecular flexibility index (Phi) is 5.28. The van der Waals surface area contributed by atoms with Crippen LogP contribution in [0.2, 0.25) is 0 Å². The van der Waals surface area contributed by atoms with Gasteiger partial charge >= 0.3 is 0 Å². The van der Waals surface area contributed by atoms with Crippen LogP contribution in [0.15, 0.2) is 12.3 Å². The van der Waals surface area contributed by atoms with Gasteiger partial charge in [0.2, 0.25) is 0 Å². The largest absolute Gasteiger partial charge is 0.379 e. The quantitative estimate of drug-likeness (QED) is 0.482. The molecule has 1 rings (SSSR count). The molecule has 1 unspecified atom stereocenters. The molecule has 14 heavy (non-hydrogen) atoms. The van der Waals surface area contributed by atoms with Gasteiger partial charge in [0.05, 0.1) is 5.69 Å². The Morgan fingerprint density at radius 3 is 3.07 bits per heavy atom. The second-order valence-corrected chi connectivity index (χ2v) is 3.70. The number of halogens is 1. The zero-order valence-corrected chi connectivity index (χ0v) is 10.2. The molecule has 0 aliphatic rings. The summed E-state index contributed by atoms with van der Waals surface area (Å²) in [5, 5.41) is 12.0. The number of rotatable bonds is 5. The highest BCUT2D eigenvalue weighted by Gasteiger charge is 2.03. The SMILES string of the molecule is CNC(O)CCc1nccc(CI)n1. The van der Waals surface area contributed by atoms with Crippen molar-refractivity contribution in [3.63, 3.8) is 0 Å². The molecule has 0 aliphatic heterocycles. The summed E-state index contributed by atoms with van der Waals surface area (Å²) in [5.41, 5.74) is 1.04. The summed E-state index contributed by atoms with van der Waals surface area (Å²) >= 11 is 2.27. The minimum Gasteiger partial charge on any atom is -0.379 e. The first-order chi connectivity index (χ1) is 6.76. The van der Waals surface area contributed by atoms with Crippen LogP contribution in [0.25, 0.3) is 0 Å². The maximum atomic E-state index is 9.28. The third-order valence-corrected chi connectivity index (χ3v) is 2.66. The van der Waals surface area contributed by atoms with Gasteiger partial charge in [-0.1, -0.05) is 22.6 Å². The van der Waals surface area contributed by atoms with E-state index in [0.717, 1.165) is 15.9 Å². The molecule has 2 N–H and O–H groups in total. The van der Waals surface area contributed by atoms with Gasteiger partial charge in [-0.2, -0.15) is 0 Å². The molecule has 0 radical (unpaired) electrons. The Labute approximate surface area is 97.3 Å². The maximum Gasteiger partial charge on any atom is 0.128 e. The fourth-order valence-electron chi connectivity index (χ4n) is 1.05. The molecular formula is C9H14IN3O. The molecule has 0 spiro atoms. The Hall–Kier alpha value is -0.270. The Morgan fingerprint density at radius 1 is 1.64 bits per heavy atom. The molecule has 1 heterocycles. The van der Waals surface area contributed by atoms with Crippen molar-refractivity contribution in [2.24, 2.45) is 0 Å². The summed E-state index contributed by atoms with van der Waals surface area (Å²) in [6.45, 7) is 0. The highest BCUT2D eigenvalue weighted by molar-refractivity contribution is 14.1. The van der Waals surface area contributed by atoms with Gasteiger partial charge < -0.3 is 5.11 Å². The molecule has 1 aromatic rings. The van der Waals surface area contributed by atoms with E-state index in [0.29, 0.717) is 12.8 Å². The van der Waals surface area contributed by atoms with Gasteiger partial charge in [0.1, 0.15) is 12.1 Å². The van der Waals surface area contributed by atoms with Crippen molar-refractivity contribution in [1.82, 2.24) is 15.3 Å². The molecule has 0 fully saturated rings. The molecule has 78 valence electrons. The van der Waals surface area contributed by atoms with Gasteiger partial charge in [-0.15, -0.1) is 0 Å². The third-order valence-electron chi connectivity index (χ3n) is 1.87. The summed E-state index contributed by atoms with van der Waals surface area (Å²) in [7, 11) is 1.73. The van der Waals surface area contributed by atoms with Gasteiger partial charge in [0, 0.05) is 17.0 Å². The van der Waals surface area contributed by atoms with Crippen molar-refractivity contribution in [2.75, 3.05) is 7.05 Å². The van der Waals surface area contributed by atoms with E-state index < -0.39 is 6.23 Å². The fourth-order valence-corrected chi connectivity index (χ4v) is 1.47. The first-order valence-corrected chi connectivity index (χ1v) is 6.01. The maximum absolute atomic E-state index is 9.28. The van der Waals surface area contributed by atoms with E-state index in [1.54, 1.807) is 13.2 Å². The summed E-state index contributed by atoms with van der Waals surface area (Å²) in [6, 6.07) is 1.91. The summed E-state index contributed by atoms with van der Waals surface area (Å²) in [4.78, 5) is 8.48. The van der Waals surface area contributed by atoms with Crippen LogP contribution in [-0.4, -0.2) is 28.4 Å². The number of alkyl halides is 1. The van der Waals surface area contributed by atoms with Crippen LogP contribution in [0.4, 0.5) is 0 Å². The van der Waals surface area contributed by atoms with Crippen molar-refractivity contribution < 1.29 is 5.11 Å². The molecule has 0 saturated heterocycles. The normalized spacial score (nSPS) is 12.8. The lowest BCUT2D eigenvalue weighted by Crippen LogP contribution is -2.25. The lowest BCUT2D eigenvalue weighted by molar-refractivity contribution is 0.137. The molecule has 4 nitrogen and oxygen atoms in total. The molecular weight excluding hydrogens is 293 g/mol. The smallest absolute Gasteiger partial charge is 0.128 e. The second-order valence-electron chi connectivity index (χ2n) is 2.94. The first-order valence-electron chi connectivity index (χ1n) is 4.48. The van der Waals surface area contributed by atoms with Gasteiger partial charge in [-0.25, -0.2) is 9.97 Å². The zero-order valence-electron chi connectivity index (χ0n) is 8.07.